The summed E-state index contributed by atoms with van der Waals surface area (Å²) >= 11 is 0. The van der Waals surface area contributed by atoms with Crippen LogP contribution in [-0.4, -0.2) is 58.3 Å². The van der Waals surface area contributed by atoms with E-state index in [4.69, 9.17) is 9.47 Å². The first-order valence-electron chi connectivity index (χ1n) is 11.0. The molecule has 6 heteroatoms. The van der Waals surface area contributed by atoms with Crippen molar-refractivity contribution in [3.8, 4) is 11.5 Å². The molecule has 170 valence electrons. The first kappa shape index (κ1) is 24.5. The van der Waals surface area contributed by atoms with Crippen molar-refractivity contribution < 1.29 is 14.3 Å². The minimum atomic E-state index is -0.158. The van der Waals surface area contributed by atoms with Crippen molar-refractivity contribution in [3.63, 3.8) is 0 Å². The van der Waals surface area contributed by atoms with Gasteiger partial charge in [-0.1, -0.05) is 26.0 Å². The summed E-state index contributed by atoms with van der Waals surface area (Å²) in [6, 6.07) is 11.7. The second-order valence-electron chi connectivity index (χ2n) is 7.60. The van der Waals surface area contributed by atoms with E-state index in [0.717, 1.165) is 43.0 Å². The molecule has 0 bridgehead atoms. The lowest BCUT2D eigenvalue weighted by molar-refractivity contribution is 0.0939. The predicted octanol–water partition coefficient (Wildman–Crippen LogP) is 4.28. The summed E-state index contributed by atoms with van der Waals surface area (Å²) in [6.45, 7) is 12.0. The molecule has 31 heavy (non-hydrogen) atoms. The van der Waals surface area contributed by atoms with Gasteiger partial charge in [-0.05, 0) is 56.3 Å². The van der Waals surface area contributed by atoms with Crippen molar-refractivity contribution in [1.29, 1.82) is 0 Å². The molecule has 2 aromatic carbocycles. The topological polar surface area (TPSA) is 54.0 Å². The number of likely N-dealkylation sites (N-methyl/N-ethyl adjacent to an activating group) is 1. The van der Waals surface area contributed by atoms with E-state index >= 15 is 0 Å². The Morgan fingerprint density at radius 3 is 2.23 bits per heavy atom. The highest BCUT2D eigenvalue weighted by molar-refractivity contribution is 5.96. The van der Waals surface area contributed by atoms with Gasteiger partial charge in [0.25, 0.3) is 5.91 Å². The monoisotopic (exact) mass is 427 g/mol. The molecule has 1 N–H and O–H groups in total. The second-order valence-corrected chi connectivity index (χ2v) is 7.60. The van der Waals surface area contributed by atoms with E-state index in [0.29, 0.717) is 17.1 Å². The molecular weight excluding hydrogens is 390 g/mol. The molecule has 1 unspecified atom stereocenters. The maximum atomic E-state index is 13.0. The molecule has 0 spiro atoms. The Morgan fingerprint density at radius 1 is 0.968 bits per heavy atom. The summed E-state index contributed by atoms with van der Waals surface area (Å²) in [4.78, 5) is 17.7. The summed E-state index contributed by atoms with van der Waals surface area (Å²) < 4.78 is 10.7. The summed E-state index contributed by atoms with van der Waals surface area (Å²) in [5.41, 5.74) is 3.75. The first-order valence-corrected chi connectivity index (χ1v) is 11.0. The predicted molar refractivity (Wildman–Crippen MR) is 128 cm³/mol. The van der Waals surface area contributed by atoms with Crippen molar-refractivity contribution in [2.75, 3.05) is 52.3 Å². The molecule has 1 amide bonds. The van der Waals surface area contributed by atoms with Gasteiger partial charge in [-0.3, -0.25) is 4.79 Å². The third kappa shape index (κ3) is 6.14. The highest BCUT2D eigenvalue weighted by Gasteiger charge is 2.19. The lowest BCUT2D eigenvalue weighted by Crippen LogP contribution is -2.44. The number of amides is 1. The zero-order valence-corrected chi connectivity index (χ0v) is 20.0. The minimum Gasteiger partial charge on any atom is -0.493 e. The lowest BCUT2D eigenvalue weighted by atomic mass is 10.0. The van der Waals surface area contributed by atoms with Crippen LogP contribution in [0.15, 0.2) is 36.4 Å². The fourth-order valence-corrected chi connectivity index (χ4v) is 3.60. The fraction of sp³-hybridized carbons (Fsp3) is 0.480. The number of hydrogen-bond acceptors (Lipinski definition) is 5. The lowest BCUT2D eigenvalue weighted by Gasteiger charge is -2.34. The van der Waals surface area contributed by atoms with Crippen LogP contribution in [0.3, 0.4) is 0 Å². The highest BCUT2D eigenvalue weighted by atomic mass is 16.5. The molecule has 1 heterocycles. The van der Waals surface area contributed by atoms with Gasteiger partial charge in [-0.15, -0.1) is 0 Å². The van der Waals surface area contributed by atoms with Crippen LogP contribution < -0.4 is 19.7 Å². The van der Waals surface area contributed by atoms with Gasteiger partial charge < -0.3 is 24.6 Å². The fourth-order valence-electron chi connectivity index (χ4n) is 3.60. The van der Waals surface area contributed by atoms with Gasteiger partial charge in [-0.2, -0.15) is 0 Å². The van der Waals surface area contributed by atoms with Gasteiger partial charge in [0.05, 0.1) is 20.3 Å². The van der Waals surface area contributed by atoms with E-state index in [9.17, 15) is 4.79 Å². The van der Waals surface area contributed by atoms with E-state index in [1.807, 2.05) is 58.0 Å². The Morgan fingerprint density at radius 2 is 1.61 bits per heavy atom. The third-order valence-corrected chi connectivity index (χ3v) is 5.59. The molecule has 1 atom stereocenters. The van der Waals surface area contributed by atoms with E-state index < -0.39 is 0 Å². The number of hydrogen-bond donors (Lipinski definition) is 1. The number of anilines is 1. The number of methoxy groups -OCH3 is 2. The molecule has 0 radical (unpaired) electrons. The zero-order valence-electron chi connectivity index (χ0n) is 20.0. The highest BCUT2D eigenvalue weighted by Crippen LogP contribution is 2.30. The number of ether oxygens (including phenoxy) is 2. The van der Waals surface area contributed by atoms with Gasteiger partial charge in [-0.25, -0.2) is 0 Å². The average Bonchev–Trinajstić information content (AvgIpc) is 2.80. The molecule has 1 saturated heterocycles. The number of carbonyl (C=O) groups is 1. The third-order valence-electron chi connectivity index (χ3n) is 5.59. The number of piperazine rings is 1. The number of carbonyl (C=O) groups excluding carboxylic acids is 1. The molecule has 1 aliphatic rings. The normalized spacial score (nSPS) is 14.9. The number of rotatable bonds is 6. The van der Waals surface area contributed by atoms with Gasteiger partial charge in [0.1, 0.15) is 0 Å². The largest absolute Gasteiger partial charge is 0.493 e. The average molecular weight is 428 g/mol. The molecule has 1 fully saturated rings. The maximum Gasteiger partial charge on any atom is 0.252 e. The second kappa shape index (κ2) is 11.6. The molecular formula is C25H37N3O3. The van der Waals surface area contributed by atoms with Crippen LogP contribution in [0.4, 0.5) is 5.69 Å². The summed E-state index contributed by atoms with van der Waals surface area (Å²) in [5.74, 6) is 1.26. The number of aryl methyl sites for hydroxylation is 1. The standard InChI is InChI=1S/C23H31N3O3.C2H6/c1-16-6-8-19(26-12-10-25(3)11-13-26)15-20(16)23(27)24-17(2)18-7-9-21(28-4)22(14-18)29-5;1-2/h6-9,14-15,17H,10-13H2,1-5H3,(H,24,27);1-2H3. The van der Waals surface area contributed by atoms with Crippen LogP contribution in [0.2, 0.25) is 0 Å². The number of nitrogens with one attached hydrogen (secondary N) is 1. The van der Waals surface area contributed by atoms with E-state index in [-0.39, 0.29) is 11.9 Å². The Hall–Kier alpha value is -2.73. The minimum absolute atomic E-state index is 0.0687. The van der Waals surface area contributed by atoms with E-state index in [1.54, 1.807) is 14.2 Å². The van der Waals surface area contributed by atoms with Crippen molar-refractivity contribution in [3.05, 3.63) is 53.1 Å². The van der Waals surface area contributed by atoms with Crippen molar-refractivity contribution in [1.82, 2.24) is 10.2 Å². The van der Waals surface area contributed by atoms with E-state index in [1.165, 1.54) is 0 Å². The summed E-state index contributed by atoms with van der Waals surface area (Å²) in [7, 11) is 5.36. The van der Waals surface area contributed by atoms with Crippen molar-refractivity contribution >= 4 is 11.6 Å². The van der Waals surface area contributed by atoms with Crippen LogP contribution >= 0.6 is 0 Å². The molecule has 6 nitrogen and oxygen atoms in total. The Bertz CT molecular complexity index is 861. The van der Waals surface area contributed by atoms with Crippen LogP contribution in [0, 0.1) is 6.92 Å². The summed E-state index contributed by atoms with van der Waals surface area (Å²) in [6.07, 6.45) is 0. The van der Waals surface area contributed by atoms with Crippen LogP contribution in [0.25, 0.3) is 0 Å². The Kier molecular flexibility index (Phi) is 9.19. The van der Waals surface area contributed by atoms with Gasteiger partial charge in [0.15, 0.2) is 11.5 Å². The molecule has 0 aliphatic carbocycles. The number of benzene rings is 2. The van der Waals surface area contributed by atoms with Crippen LogP contribution in [0.1, 0.15) is 48.3 Å². The van der Waals surface area contributed by atoms with Crippen LogP contribution in [0.5, 0.6) is 11.5 Å². The quantitative estimate of drug-likeness (QED) is 0.746. The Balaban J connectivity index is 0.00000166. The smallest absolute Gasteiger partial charge is 0.252 e. The Labute approximate surface area is 187 Å². The first-order chi connectivity index (χ1) is 14.9. The molecule has 2 aromatic rings. The van der Waals surface area contributed by atoms with Crippen molar-refractivity contribution in [2.24, 2.45) is 0 Å². The maximum absolute atomic E-state index is 13.0. The SMILES string of the molecule is CC.COc1ccc(C(C)NC(=O)c2cc(N3CCN(C)CC3)ccc2C)cc1OC. The van der Waals surface area contributed by atoms with Crippen molar-refractivity contribution in [2.45, 2.75) is 33.7 Å². The zero-order chi connectivity index (χ0) is 23.0. The number of nitrogens with zero attached hydrogens (tertiary/aromatic N) is 2. The van der Waals surface area contributed by atoms with Crippen LogP contribution in [-0.2, 0) is 0 Å². The molecule has 3 rings (SSSR count). The van der Waals surface area contributed by atoms with Gasteiger partial charge in [0, 0.05) is 37.4 Å². The van der Waals surface area contributed by atoms with E-state index in [2.05, 4.69) is 28.2 Å². The van der Waals surface area contributed by atoms with Gasteiger partial charge >= 0.3 is 0 Å². The summed E-state index contributed by atoms with van der Waals surface area (Å²) in [5, 5.41) is 3.12. The van der Waals surface area contributed by atoms with Gasteiger partial charge in [0.2, 0.25) is 0 Å². The molecule has 1 aliphatic heterocycles. The molecule has 0 aromatic heterocycles. The molecule has 0 saturated carbocycles.